The molecule has 0 spiro atoms. The van der Waals surface area contributed by atoms with Crippen molar-refractivity contribution in [2.45, 2.75) is 37.2 Å². The summed E-state index contributed by atoms with van der Waals surface area (Å²) in [5.41, 5.74) is 0.763. The normalized spacial score (nSPS) is 12.2. The Balaban J connectivity index is 1.94. The number of carbonyl (C=O) groups is 1. The molecule has 0 saturated carbocycles. The largest absolute Gasteiger partial charge is 0.340 e. The number of thioether (sulfide) groups is 1. The lowest BCUT2D eigenvalue weighted by Crippen LogP contribution is -2.32. The van der Waals surface area contributed by atoms with Gasteiger partial charge in [0.25, 0.3) is 0 Å². The van der Waals surface area contributed by atoms with Crippen molar-refractivity contribution in [2.24, 2.45) is 0 Å². The second kappa shape index (κ2) is 7.40. The molecule has 0 unspecified atom stereocenters. The maximum atomic E-state index is 13.2. The summed E-state index contributed by atoms with van der Waals surface area (Å²) >= 11 is 1.31. The van der Waals surface area contributed by atoms with Crippen LogP contribution in [0.5, 0.6) is 0 Å². The molecule has 7 heteroatoms. The minimum absolute atomic E-state index is 0.0443. The fraction of sp³-hybridized carbons (Fsp3) is 0.400. The molecule has 22 heavy (non-hydrogen) atoms. The van der Waals surface area contributed by atoms with Gasteiger partial charge in [-0.15, -0.1) is 5.10 Å². The molecule has 1 atom stereocenters. The molecule has 2 aromatic rings. The summed E-state index contributed by atoms with van der Waals surface area (Å²) in [6.45, 7) is 4.17. The van der Waals surface area contributed by atoms with Gasteiger partial charge in [0.05, 0.1) is 5.25 Å². The second-order valence-electron chi connectivity index (χ2n) is 5.00. The first-order valence-electron chi connectivity index (χ1n) is 7.07. The van der Waals surface area contributed by atoms with Gasteiger partial charge in [-0.3, -0.25) is 9.89 Å². The van der Waals surface area contributed by atoms with Gasteiger partial charge in [0.15, 0.2) is 0 Å². The lowest BCUT2D eigenvalue weighted by molar-refractivity contribution is -0.129. The average Bonchev–Trinajstić information content (AvgIpc) is 2.94. The van der Waals surface area contributed by atoms with E-state index < -0.39 is 0 Å². The first kappa shape index (κ1) is 16.5. The molecule has 1 aromatic heterocycles. The van der Waals surface area contributed by atoms with Crippen LogP contribution < -0.4 is 0 Å². The Labute approximate surface area is 133 Å². The monoisotopic (exact) mass is 322 g/mol. The highest BCUT2D eigenvalue weighted by atomic mass is 32.2. The van der Waals surface area contributed by atoms with Gasteiger partial charge in [-0.25, -0.2) is 9.37 Å². The van der Waals surface area contributed by atoms with Gasteiger partial charge in [-0.1, -0.05) is 30.8 Å². The molecular weight excluding hydrogens is 303 g/mol. The third-order valence-corrected chi connectivity index (χ3v) is 4.11. The van der Waals surface area contributed by atoms with E-state index in [1.807, 2.05) is 13.8 Å². The zero-order valence-electron chi connectivity index (χ0n) is 12.8. The van der Waals surface area contributed by atoms with E-state index in [0.717, 1.165) is 17.8 Å². The Bertz CT molecular complexity index is 646. The number of aromatic nitrogens is 3. The van der Waals surface area contributed by atoms with Gasteiger partial charge in [-0.2, -0.15) is 0 Å². The number of aryl methyl sites for hydroxylation is 1. The van der Waals surface area contributed by atoms with E-state index in [0.29, 0.717) is 11.7 Å². The predicted molar refractivity (Wildman–Crippen MR) is 84.0 cm³/mol. The number of rotatable bonds is 6. The van der Waals surface area contributed by atoms with Crippen molar-refractivity contribution in [3.05, 3.63) is 41.5 Å². The van der Waals surface area contributed by atoms with Gasteiger partial charge in [0.2, 0.25) is 11.1 Å². The highest BCUT2D eigenvalue weighted by Crippen LogP contribution is 2.21. The highest BCUT2D eigenvalue weighted by molar-refractivity contribution is 8.00. The van der Waals surface area contributed by atoms with Gasteiger partial charge in [0, 0.05) is 20.0 Å². The van der Waals surface area contributed by atoms with Crippen LogP contribution in [0.2, 0.25) is 0 Å². The molecule has 0 aliphatic carbocycles. The number of benzene rings is 1. The second-order valence-corrected chi connectivity index (χ2v) is 6.31. The number of amides is 1. The van der Waals surface area contributed by atoms with E-state index in [4.69, 9.17) is 0 Å². The first-order valence-corrected chi connectivity index (χ1v) is 7.95. The van der Waals surface area contributed by atoms with Crippen LogP contribution in [0.1, 0.15) is 25.2 Å². The minimum Gasteiger partial charge on any atom is -0.340 e. The van der Waals surface area contributed by atoms with Crippen LogP contribution >= 0.6 is 11.8 Å². The minimum atomic E-state index is -0.306. The number of carbonyl (C=O) groups excluding carboxylic acids is 1. The molecule has 1 aromatic carbocycles. The van der Waals surface area contributed by atoms with Gasteiger partial charge < -0.3 is 4.90 Å². The molecule has 1 N–H and O–H groups in total. The van der Waals surface area contributed by atoms with Crippen LogP contribution in [0.15, 0.2) is 29.4 Å². The summed E-state index contributed by atoms with van der Waals surface area (Å²) in [7, 11) is 1.71. The topological polar surface area (TPSA) is 61.9 Å². The summed E-state index contributed by atoms with van der Waals surface area (Å²) in [4.78, 5) is 18.2. The Kier molecular flexibility index (Phi) is 5.54. The summed E-state index contributed by atoms with van der Waals surface area (Å²) in [5, 5.41) is 7.16. The van der Waals surface area contributed by atoms with E-state index in [1.54, 1.807) is 24.1 Å². The lowest BCUT2D eigenvalue weighted by atomic mass is 10.2. The van der Waals surface area contributed by atoms with Crippen molar-refractivity contribution >= 4 is 17.7 Å². The number of hydrogen-bond donors (Lipinski definition) is 1. The van der Waals surface area contributed by atoms with Crippen molar-refractivity contribution in [1.82, 2.24) is 20.1 Å². The molecule has 0 aliphatic rings. The number of aromatic amines is 1. The summed E-state index contributed by atoms with van der Waals surface area (Å²) in [6.07, 6.45) is 0.773. The highest BCUT2D eigenvalue weighted by Gasteiger charge is 2.20. The lowest BCUT2D eigenvalue weighted by Gasteiger charge is -2.20. The van der Waals surface area contributed by atoms with Gasteiger partial charge in [-0.05, 0) is 24.6 Å². The number of nitrogens with one attached hydrogen (secondary N) is 1. The molecule has 1 heterocycles. The number of nitrogens with zero attached hydrogens (tertiary/aromatic N) is 3. The SMILES string of the molecule is CCc1nc(S[C@@H](C)C(=O)N(C)Cc2cccc(F)c2)n[nH]1. The van der Waals surface area contributed by atoms with Crippen LogP contribution in [-0.2, 0) is 17.8 Å². The van der Waals surface area contributed by atoms with E-state index >= 15 is 0 Å². The van der Waals surface area contributed by atoms with Gasteiger partial charge >= 0.3 is 0 Å². The van der Waals surface area contributed by atoms with Crippen LogP contribution in [-0.4, -0.2) is 38.3 Å². The zero-order chi connectivity index (χ0) is 16.1. The Morgan fingerprint density at radius 1 is 1.50 bits per heavy atom. The van der Waals surface area contributed by atoms with Crippen molar-refractivity contribution in [1.29, 1.82) is 0 Å². The van der Waals surface area contributed by atoms with Crippen LogP contribution in [0.3, 0.4) is 0 Å². The molecule has 118 valence electrons. The maximum absolute atomic E-state index is 13.2. The van der Waals surface area contributed by atoms with Crippen molar-refractivity contribution < 1.29 is 9.18 Å². The summed E-state index contributed by atoms with van der Waals surface area (Å²) in [5.74, 6) is 0.459. The third kappa shape index (κ3) is 4.30. The molecule has 0 bridgehead atoms. The molecule has 0 radical (unpaired) electrons. The van der Waals surface area contributed by atoms with E-state index in [-0.39, 0.29) is 17.0 Å². The molecule has 2 rings (SSSR count). The Morgan fingerprint density at radius 3 is 2.91 bits per heavy atom. The Hall–Kier alpha value is -1.89. The quantitative estimate of drug-likeness (QED) is 0.831. The molecular formula is C15H19FN4OS. The van der Waals surface area contributed by atoms with E-state index in [1.165, 1.54) is 23.9 Å². The molecule has 0 saturated heterocycles. The average molecular weight is 322 g/mol. The van der Waals surface area contributed by atoms with Crippen molar-refractivity contribution in [2.75, 3.05) is 7.05 Å². The van der Waals surface area contributed by atoms with Gasteiger partial charge in [0.1, 0.15) is 11.6 Å². The third-order valence-electron chi connectivity index (χ3n) is 3.16. The number of halogens is 1. The fourth-order valence-corrected chi connectivity index (χ4v) is 2.85. The van der Waals surface area contributed by atoms with E-state index in [2.05, 4.69) is 15.2 Å². The summed E-state index contributed by atoms with van der Waals surface area (Å²) < 4.78 is 13.2. The number of H-pyrrole nitrogens is 1. The maximum Gasteiger partial charge on any atom is 0.235 e. The van der Waals surface area contributed by atoms with Crippen LogP contribution in [0, 0.1) is 5.82 Å². The molecule has 0 fully saturated rings. The summed E-state index contributed by atoms with van der Waals surface area (Å²) in [6, 6.07) is 6.26. The standard InChI is InChI=1S/C15H19FN4OS/c1-4-13-17-15(19-18-13)22-10(2)14(21)20(3)9-11-6-5-7-12(16)8-11/h5-8,10H,4,9H2,1-3H3,(H,17,18,19)/t10-/m0/s1. The number of hydrogen-bond acceptors (Lipinski definition) is 4. The molecule has 0 aliphatic heterocycles. The van der Waals surface area contributed by atoms with E-state index in [9.17, 15) is 9.18 Å². The molecule has 5 nitrogen and oxygen atoms in total. The Morgan fingerprint density at radius 2 is 2.27 bits per heavy atom. The first-order chi connectivity index (χ1) is 10.5. The predicted octanol–water partition coefficient (Wildman–Crippen LogP) is 2.65. The van der Waals surface area contributed by atoms with Crippen LogP contribution in [0.4, 0.5) is 4.39 Å². The van der Waals surface area contributed by atoms with Crippen molar-refractivity contribution in [3.8, 4) is 0 Å². The fourth-order valence-electron chi connectivity index (χ4n) is 1.99. The van der Waals surface area contributed by atoms with Crippen LogP contribution in [0.25, 0.3) is 0 Å². The molecule has 1 amide bonds. The zero-order valence-corrected chi connectivity index (χ0v) is 13.7. The smallest absolute Gasteiger partial charge is 0.235 e. The van der Waals surface area contributed by atoms with Crippen molar-refractivity contribution in [3.63, 3.8) is 0 Å².